The minimum Gasteiger partial charge on any atom is -0.326 e. The van der Waals surface area contributed by atoms with E-state index in [-0.39, 0.29) is 11.4 Å². The Balaban J connectivity index is 1.97. The lowest BCUT2D eigenvalue weighted by Gasteiger charge is -2.17. The third kappa shape index (κ3) is 4.39. The van der Waals surface area contributed by atoms with Gasteiger partial charge in [-0.1, -0.05) is 0 Å². The van der Waals surface area contributed by atoms with Gasteiger partial charge in [-0.2, -0.15) is 0 Å². The van der Waals surface area contributed by atoms with Crippen molar-refractivity contribution >= 4 is 11.6 Å². The summed E-state index contributed by atoms with van der Waals surface area (Å²) in [6.45, 7) is 3.83. The van der Waals surface area contributed by atoms with Crippen LogP contribution < -0.4 is 11.1 Å². The van der Waals surface area contributed by atoms with Crippen LogP contribution in [0.5, 0.6) is 0 Å². The first-order valence-corrected chi connectivity index (χ1v) is 6.88. The lowest BCUT2D eigenvalue weighted by Crippen LogP contribution is -2.33. The SMILES string of the molecule is Cn1cnnc1-c1ccc(NC(=O)CCC(C)(C)N)cc1. The topological polar surface area (TPSA) is 85.8 Å². The molecule has 0 unspecified atom stereocenters. The molecule has 0 spiro atoms. The predicted octanol–water partition coefficient (Wildman–Crippen LogP) is 1.94. The Hall–Kier alpha value is -2.21. The standard InChI is InChI=1S/C15H21N5O/c1-15(2,16)9-8-13(21)18-12-6-4-11(5-7-12)14-19-17-10-20(14)3/h4-7,10H,8-9,16H2,1-3H3,(H,18,21). The van der Waals surface area contributed by atoms with Gasteiger partial charge in [-0.05, 0) is 44.5 Å². The summed E-state index contributed by atoms with van der Waals surface area (Å²) in [5, 5.41) is 10.8. The summed E-state index contributed by atoms with van der Waals surface area (Å²) >= 11 is 0. The van der Waals surface area contributed by atoms with Gasteiger partial charge in [-0.15, -0.1) is 10.2 Å². The second kappa shape index (κ2) is 6.05. The number of nitrogens with one attached hydrogen (secondary N) is 1. The Kier molecular flexibility index (Phi) is 4.37. The second-order valence-corrected chi connectivity index (χ2v) is 5.88. The number of anilines is 1. The van der Waals surface area contributed by atoms with Crippen LogP contribution in [-0.2, 0) is 11.8 Å². The quantitative estimate of drug-likeness (QED) is 0.880. The summed E-state index contributed by atoms with van der Waals surface area (Å²) in [6.07, 6.45) is 2.71. The maximum atomic E-state index is 11.8. The van der Waals surface area contributed by atoms with E-state index in [0.29, 0.717) is 12.8 Å². The highest BCUT2D eigenvalue weighted by molar-refractivity contribution is 5.90. The van der Waals surface area contributed by atoms with E-state index in [2.05, 4.69) is 15.5 Å². The number of amides is 1. The Bertz CT molecular complexity index is 610. The molecule has 1 amide bonds. The normalized spacial score (nSPS) is 11.4. The summed E-state index contributed by atoms with van der Waals surface area (Å²) < 4.78 is 1.84. The molecule has 6 nitrogen and oxygen atoms in total. The summed E-state index contributed by atoms with van der Waals surface area (Å²) in [4.78, 5) is 11.8. The van der Waals surface area contributed by atoms with Gasteiger partial charge in [0.2, 0.25) is 5.91 Å². The minimum absolute atomic E-state index is 0.0278. The smallest absolute Gasteiger partial charge is 0.224 e. The number of aryl methyl sites for hydroxylation is 1. The van der Waals surface area contributed by atoms with Crippen molar-refractivity contribution in [2.45, 2.75) is 32.2 Å². The molecule has 0 radical (unpaired) electrons. The van der Waals surface area contributed by atoms with Crippen molar-refractivity contribution in [2.75, 3.05) is 5.32 Å². The monoisotopic (exact) mass is 287 g/mol. The highest BCUT2D eigenvalue weighted by Crippen LogP contribution is 2.19. The molecule has 6 heteroatoms. The summed E-state index contributed by atoms with van der Waals surface area (Å²) in [7, 11) is 1.89. The molecular formula is C15H21N5O. The molecule has 0 saturated carbocycles. The molecule has 0 aliphatic rings. The molecule has 1 aromatic carbocycles. The molecule has 2 aromatic rings. The third-order valence-electron chi connectivity index (χ3n) is 3.13. The maximum absolute atomic E-state index is 11.8. The van der Waals surface area contributed by atoms with Crippen molar-refractivity contribution in [1.29, 1.82) is 0 Å². The molecule has 1 heterocycles. The lowest BCUT2D eigenvalue weighted by atomic mass is 10.00. The first-order chi connectivity index (χ1) is 9.85. The molecule has 0 fully saturated rings. The number of benzene rings is 1. The molecule has 0 saturated heterocycles. The van der Waals surface area contributed by atoms with Gasteiger partial charge in [0.1, 0.15) is 6.33 Å². The number of nitrogens with zero attached hydrogens (tertiary/aromatic N) is 3. The van der Waals surface area contributed by atoms with Crippen LogP contribution in [0.4, 0.5) is 5.69 Å². The van der Waals surface area contributed by atoms with E-state index < -0.39 is 0 Å². The van der Waals surface area contributed by atoms with E-state index in [1.54, 1.807) is 6.33 Å². The number of nitrogens with two attached hydrogens (primary N) is 1. The van der Waals surface area contributed by atoms with Gasteiger partial charge in [-0.25, -0.2) is 0 Å². The molecule has 2 rings (SSSR count). The number of carbonyl (C=O) groups excluding carboxylic acids is 1. The Morgan fingerprint density at radius 1 is 1.33 bits per heavy atom. The van der Waals surface area contributed by atoms with Crippen LogP contribution in [0.2, 0.25) is 0 Å². The van der Waals surface area contributed by atoms with E-state index in [4.69, 9.17) is 5.73 Å². The fraction of sp³-hybridized carbons (Fsp3) is 0.400. The number of aromatic nitrogens is 3. The third-order valence-corrected chi connectivity index (χ3v) is 3.13. The van der Waals surface area contributed by atoms with Crippen molar-refractivity contribution in [3.63, 3.8) is 0 Å². The van der Waals surface area contributed by atoms with Crippen LogP contribution in [0, 0.1) is 0 Å². The summed E-state index contributed by atoms with van der Waals surface area (Å²) in [6, 6.07) is 7.53. The Morgan fingerprint density at radius 3 is 2.52 bits per heavy atom. The molecule has 21 heavy (non-hydrogen) atoms. The van der Waals surface area contributed by atoms with Crippen LogP contribution in [0.15, 0.2) is 30.6 Å². The van der Waals surface area contributed by atoms with Crippen molar-refractivity contribution in [3.8, 4) is 11.4 Å². The van der Waals surface area contributed by atoms with Gasteiger partial charge in [0.15, 0.2) is 5.82 Å². The zero-order chi connectivity index (χ0) is 15.5. The van der Waals surface area contributed by atoms with Crippen LogP contribution in [0.1, 0.15) is 26.7 Å². The maximum Gasteiger partial charge on any atom is 0.224 e. The average molecular weight is 287 g/mol. The van der Waals surface area contributed by atoms with Crippen LogP contribution in [0.3, 0.4) is 0 Å². The number of rotatable bonds is 5. The van der Waals surface area contributed by atoms with E-state index in [1.807, 2.05) is 49.7 Å². The molecule has 0 aliphatic carbocycles. The highest BCUT2D eigenvalue weighted by atomic mass is 16.1. The zero-order valence-corrected chi connectivity index (χ0v) is 12.6. The zero-order valence-electron chi connectivity index (χ0n) is 12.6. The first-order valence-electron chi connectivity index (χ1n) is 6.88. The van der Waals surface area contributed by atoms with E-state index >= 15 is 0 Å². The number of carbonyl (C=O) groups is 1. The van der Waals surface area contributed by atoms with Gasteiger partial charge >= 0.3 is 0 Å². The summed E-state index contributed by atoms with van der Waals surface area (Å²) in [5.74, 6) is 0.762. The molecule has 0 bridgehead atoms. The van der Waals surface area contributed by atoms with Crippen molar-refractivity contribution in [1.82, 2.24) is 14.8 Å². The van der Waals surface area contributed by atoms with Gasteiger partial charge in [0, 0.05) is 30.3 Å². The lowest BCUT2D eigenvalue weighted by molar-refractivity contribution is -0.116. The largest absolute Gasteiger partial charge is 0.326 e. The van der Waals surface area contributed by atoms with E-state index in [9.17, 15) is 4.79 Å². The van der Waals surface area contributed by atoms with Gasteiger partial charge in [0.05, 0.1) is 0 Å². The Labute approximate surface area is 124 Å². The highest BCUT2D eigenvalue weighted by Gasteiger charge is 2.13. The van der Waals surface area contributed by atoms with Crippen molar-refractivity contribution in [3.05, 3.63) is 30.6 Å². The van der Waals surface area contributed by atoms with Crippen molar-refractivity contribution < 1.29 is 4.79 Å². The second-order valence-electron chi connectivity index (χ2n) is 5.88. The molecule has 112 valence electrons. The Morgan fingerprint density at radius 2 is 2.00 bits per heavy atom. The predicted molar refractivity (Wildman–Crippen MR) is 82.6 cm³/mol. The fourth-order valence-corrected chi connectivity index (χ4v) is 1.91. The number of hydrogen-bond donors (Lipinski definition) is 2. The molecule has 1 aromatic heterocycles. The van der Waals surface area contributed by atoms with E-state index in [0.717, 1.165) is 17.1 Å². The fourth-order valence-electron chi connectivity index (χ4n) is 1.91. The van der Waals surface area contributed by atoms with Gasteiger partial charge in [0.25, 0.3) is 0 Å². The van der Waals surface area contributed by atoms with E-state index in [1.165, 1.54) is 0 Å². The molecule has 3 N–H and O–H groups in total. The first kappa shape index (κ1) is 15.2. The summed E-state index contributed by atoms with van der Waals surface area (Å²) in [5.41, 5.74) is 7.26. The van der Waals surface area contributed by atoms with Gasteiger partial charge < -0.3 is 15.6 Å². The molecular weight excluding hydrogens is 266 g/mol. The molecule has 0 atom stereocenters. The minimum atomic E-state index is -0.327. The van der Waals surface area contributed by atoms with Crippen molar-refractivity contribution in [2.24, 2.45) is 12.8 Å². The van der Waals surface area contributed by atoms with Crippen LogP contribution >= 0.6 is 0 Å². The average Bonchev–Trinajstić information content (AvgIpc) is 2.83. The van der Waals surface area contributed by atoms with Gasteiger partial charge in [-0.3, -0.25) is 4.79 Å². The molecule has 0 aliphatic heterocycles. The van der Waals surface area contributed by atoms with Crippen LogP contribution in [-0.4, -0.2) is 26.2 Å². The number of hydrogen-bond acceptors (Lipinski definition) is 4. The van der Waals surface area contributed by atoms with Crippen LogP contribution in [0.25, 0.3) is 11.4 Å².